The van der Waals surface area contributed by atoms with Gasteiger partial charge in [0.1, 0.15) is 0 Å². The molecule has 4 aromatic carbocycles. The Balaban J connectivity index is 1.81. The first-order valence-corrected chi connectivity index (χ1v) is 9.46. The quantitative estimate of drug-likeness (QED) is 0.202. The first kappa shape index (κ1) is 19.3. The summed E-state index contributed by atoms with van der Waals surface area (Å²) in [7, 11) is 0. The van der Waals surface area contributed by atoms with Crippen LogP contribution in [-0.2, 0) is 0 Å². The molecular formula is C24H22N4O2. The van der Waals surface area contributed by atoms with E-state index in [-0.39, 0.29) is 10.9 Å². The summed E-state index contributed by atoms with van der Waals surface area (Å²) in [5, 5.41) is 25.9. The van der Waals surface area contributed by atoms with E-state index in [1.165, 1.54) is 0 Å². The lowest BCUT2D eigenvalue weighted by molar-refractivity contribution is 0.0292. The second-order valence-corrected chi connectivity index (χ2v) is 6.81. The number of nitrogens with one attached hydrogen (secondary N) is 2. The highest BCUT2D eigenvalue weighted by molar-refractivity contribution is 5.91. The first-order chi connectivity index (χ1) is 14.6. The third kappa shape index (κ3) is 4.35. The molecule has 0 fully saturated rings. The maximum absolute atomic E-state index is 9.49. The van der Waals surface area contributed by atoms with Gasteiger partial charge in [0, 0.05) is 39.6 Å². The van der Waals surface area contributed by atoms with Crippen molar-refractivity contribution in [3.63, 3.8) is 0 Å². The number of para-hydroxylation sites is 2. The van der Waals surface area contributed by atoms with E-state index in [0.717, 1.165) is 28.2 Å². The standard InChI is InChI=1S/C24H22N4O2/c25-17-11-13-21(23(15-17)26-18-7-3-1-4-8-18)22-14-12-20(28(29)30)16-24(22)27-19-9-5-2-6-10-19/h1-16,26-27,29-30H,25H2. The van der Waals surface area contributed by atoms with E-state index < -0.39 is 0 Å². The molecule has 0 heterocycles. The fourth-order valence-electron chi connectivity index (χ4n) is 3.25. The summed E-state index contributed by atoms with van der Waals surface area (Å²) in [5.41, 5.74) is 12.1. The highest BCUT2D eigenvalue weighted by atomic mass is 16.8. The molecule has 6 heteroatoms. The van der Waals surface area contributed by atoms with Crippen LogP contribution < -0.4 is 21.6 Å². The van der Waals surface area contributed by atoms with Crippen LogP contribution >= 0.6 is 0 Å². The Morgan fingerprint density at radius 2 is 1.10 bits per heavy atom. The van der Waals surface area contributed by atoms with E-state index in [4.69, 9.17) is 5.73 Å². The van der Waals surface area contributed by atoms with E-state index in [1.807, 2.05) is 84.9 Å². The monoisotopic (exact) mass is 398 g/mol. The highest BCUT2D eigenvalue weighted by Crippen LogP contribution is 2.39. The van der Waals surface area contributed by atoms with E-state index in [0.29, 0.717) is 11.4 Å². The van der Waals surface area contributed by atoms with Crippen molar-refractivity contribution in [2.24, 2.45) is 0 Å². The molecule has 0 aromatic heterocycles. The van der Waals surface area contributed by atoms with Gasteiger partial charge in [0.05, 0.1) is 5.69 Å². The van der Waals surface area contributed by atoms with Crippen LogP contribution in [0.1, 0.15) is 0 Å². The van der Waals surface area contributed by atoms with Crippen LogP contribution in [0.3, 0.4) is 0 Å². The Hall–Kier alpha value is -4.00. The van der Waals surface area contributed by atoms with Crippen molar-refractivity contribution in [1.29, 1.82) is 0 Å². The van der Waals surface area contributed by atoms with Gasteiger partial charge < -0.3 is 16.4 Å². The average Bonchev–Trinajstić information content (AvgIpc) is 2.76. The number of nitrogen functional groups attached to an aromatic ring is 1. The predicted octanol–water partition coefficient (Wildman–Crippen LogP) is 6.01. The second-order valence-electron chi connectivity index (χ2n) is 6.81. The SMILES string of the molecule is Nc1ccc(-c2ccc(N(O)O)cc2Nc2ccccc2)c(Nc2ccccc2)c1. The van der Waals surface area contributed by atoms with Crippen molar-refractivity contribution in [3.8, 4) is 11.1 Å². The molecular weight excluding hydrogens is 376 g/mol. The molecule has 0 spiro atoms. The smallest absolute Gasteiger partial charge is 0.0963 e. The number of anilines is 6. The molecule has 30 heavy (non-hydrogen) atoms. The molecule has 0 unspecified atom stereocenters. The van der Waals surface area contributed by atoms with Crippen LogP contribution in [0.15, 0.2) is 97.1 Å². The predicted molar refractivity (Wildman–Crippen MR) is 122 cm³/mol. The summed E-state index contributed by atoms with van der Waals surface area (Å²) in [6.07, 6.45) is 0. The molecule has 0 aliphatic rings. The first-order valence-electron chi connectivity index (χ1n) is 9.46. The van der Waals surface area contributed by atoms with E-state index in [2.05, 4.69) is 10.6 Å². The van der Waals surface area contributed by atoms with E-state index in [1.54, 1.807) is 12.1 Å². The fourth-order valence-corrected chi connectivity index (χ4v) is 3.25. The molecule has 4 rings (SSSR count). The zero-order valence-electron chi connectivity index (χ0n) is 16.2. The summed E-state index contributed by atoms with van der Waals surface area (Å²) in [6, 6.07) is 30.3. The summed E-state index contributed by atoms with van der Waals surface area (Å²) >= 11 is 0. The zero-order chi connectivity index (χ0) is 20.9. The van der Waals surface area contributed by atoms with Crippen LogP contribution in [0.4, 0.5) is 34.1 Å². The van der Waals surface area contributed by atoms with Gasteiger partial charge in [0.15, 0.2) is 0 Å². The minimum atomic E-state index is 0.103. The summed E-state index contributed by atoms with van der Waals surface area (Å²) in [6.45, 7) is 0. The third-order valence-electron chi connectivity index (χ3n) is 4.67. The van der Waals surface area contributed by atoms with Crippen molar-refractivity contribution >= 4 is 34.1 Å². The number of hydrogen-bond acceptors (Lipinski definition) is 6. The van der Waals surface area contributed by atoms with E-state index in [9.17, 15) is 10.4 Å². The number of nitrogens with two attached hydrogens (primary N) is 1. The van der Waals surface area contributed by atoms with Crippen molar-refractivity contribution in [1.82, 2.24) is 0 Å². The molecule has 0 radical (unpaired) electrons. The molecule has 0 saturated heterocycles. The van der Waals surface area contributed by atoms with Crippen molar-refractivity contribution in [2.45, 2.75) is 0 Å². The number of hydrogen-bond donors (Lipinski definition) is 5. The largest absolute Gasteiger partial charge is 0.399 e. The third-order valence-corrected chi connectivity index (χ3v) is 4.67. The zero-order valence-corrected chi connectivity index (χ0v) is 16.2. The minimum absolute atomic E-state index is 0.103. The van der Waals surface area contributed by atoms with Gasteiger partial charge in [-0.25, -0.2) is 0 Å². The van der Waals surface area contributed by atoms with Crippen LogP contribution in [0.5, 0.6) is 0 Å². The molecule has 0 amide bonds. The Kier molecular flexibility index (Phi) is 5.52. The lowest BCUT2D eigenvalue weighted by Gasteiger charge is -2.19. The normalized spacial score (nSPS) is 10.5. The van der Waals surface area contributed by atoms with Crippen molar-refractivity contribution in [2.75, 3.05) is 21.6 Å². The van der Waals surface area contributed by atoms with Gasteiger partial charge in [-0.1, -0.05) is 42.5 Å². The van der Waals surface area contributed by atoms with Gasteiger partial charge in [-0.05, 0) is 54.6 Å². The van der Waals surface area contributed by atoms with E-state index >= 15 is 0 Å². The lowest BCUT2D eigenvalue weighted by atomic mass is 10.00. The van der Waals surface area contributed by atoms with Crippen LogP contribution in [0, 0.1) is 0 Å². The molecule has 150 valence electrons. The maximum atomic E-state index is 9.49. The van der Waals surface area contributed by atoms with Crippen molar-refractivity contribution < 1.29 is 10.4 Å². The van der Waals surface area contributed by atoms with Gasteiger partial charge in [-0.2, -0.15) is 0 Å². The Morgan fingerprint density at radius 3 is 1.63 bits per heavy atom. The molecule has 0 aliphatic carbocycles. The molecule has 6 nitrogen and oxygen atoms in total. The van der Waals surface area contributed by atoms with Crippen LogP contribution in [-0.4, -0.2) is 10.4 Å². The molecule has 0 saturated carbocycles. The highest BCUT2D eigenvalue weighted by Gasteiger charge is 2.13. The average molecular weight is 398 g/mol. The molecule has 0 aliphatic heterocycles. The number of rotatable bonds is 6. The summed E-state index contributed by atoms with van der Waals surface area (Å²) in [5.74, 6) is 0. The Bertz CT molecular complexity index is 1130. The topological polar surface area (TPSA) is 93.8 Å². The van der Waals surface area contributed by atoms with Gasteiger partial charge in [-0.15, -0.1) is 5.23 Å². The number of nitrogens with zero attached hydrogens (tertiary/aromatic N) is 1. The molecule has 0 bridgehead atoms. The Morgan fingerprint density at radius 1 is 0.600 bits per heavy atom. The van der Waals surface area contributed by atoms with Crippen LogP contribution in [0.2, 0.25) is 0 Å². The molecule has 0 atom stereocenters. The Labute approximate surface area is 174 Å². The molecule has 6 N–H and O–H groups in total. The summed E-state index contributed by atoms with van der Waals surface area (Å²) in [4.78, 5) is 0. The van der Waals surface area contributed by atoms with Crippen molar-refractivity contribution in [3.05, 3.63) is 97.1 Å². The summed E-state index contributed by atoms with van der Waals surface area (Å²) < 4.78 is 0. The second kappa shape index (κ2) is 8.57. The maximum Gasteiger partial charge on any atom is 0.0963 e. The minimum Gasteiger partial charge on any atom is -0.399 e. The lowest BCUT2D eigenvalue weighted by Crippen LogP contribution is -2.11. The number of benzene rings is 4. The van der Waals surface area contributed by atoms with Gasteiger partial charge in [0.2, 0.25) is 0 Å². The van der Waals surface area contributed by atoms with Gasteiger partial charge in [-0.3, -0.25) is 10.4 Å². The molecule has 4 aromatic rings. The fraction of sp³-hybridized carbons (Fsp3) is 0. The van der Waals surface area contributed by atoms with Crippen LogP contribution in [0.25, 0.3) is 11.1 Å². The van der Waals surface area contributed by atoms with Gasteiger partial charge >= 0.3 is 0 Å². The van der Waals surface area contributed by atoms with Gasteiger partial charge in [0.25, 0.3) is 0 Å².